The van der Waals surface area contributed by atoms with E-state index >= 15 is 0 Å². The van der Waals surface area contributed by atoms with Crippen molar-refractivity contribution >= 4 is 0 Å². The molecular weight excluding hydrogens is 210 g/mol. The van der Waals surface area contributed by atoms with E-state index in [-0.39, 0.29) is 11.0 Å². The van der Waals surface area contributed by atoms with Crippen LogP contribution in [-0.4, -0.2) is 4.98 Å². The highest BCUT2D eigenvalue weighted by molar-refractivity contribution is 5.20. The number of rotatable bonds is 7. The van der Waals surface area contributed by atoms with Crippen LogP contribution in [0.3, 0.4) is 0 Å². The predicted molar refractivity (Wildman–Crippen MR) is 73.5 cm³/mol. The Morgan fingerprint density at radius 2 is 2.00 bits per heavy atom. The van der Waals surface area contributed by atoms with Crippen LogP contribution in [0.5, 0.6) is 0 Å². The van der Waals surface area contributed by atoms with Gasteiger partial charge >= 0.3 is 0 Å². The lowest BCUT2D eigenvalue weighted by Crippen LogP contribution is -2.29. The first-order valence-corrected chi connectivity index (χ1v) is 6.82. The summed E-state index contributed by atoms with van der Waals surface area (Å²) < 4.78 is 0. The molecule has 1 atom stereocenters. The molecule has 0 aliphatic heterocycles. The normalized spacial score (nSPS) is 14.5. The average Bonchev–Trinajstić information content (AvgIpc) is 2.35. The molecule has 0 saturated heterocycles. The molecule has 0 fully saturated rings. The van der Waals surface area contributed by atoms with Crippen LogP contribution in [0.4, 0.5) is 0 Å². The smallest absolute Gasteiger partial charge is 0.251 e. The highest BCUT2D eigenvalue weighted by atomic mass is 16.1. The maximum atomic E-state index is 11.9. The van der Waals surface area contributed by atoms with E-state index in [1.165, 1.54) is 25.7 Å². The van der Waals surface area contributed by atoms with Crippen molar-refractivity contribution in [2.45, 2.75) is 64.7 Å². The first kappa shape index (κ1) is 14.0. The molecule has 0 radical (unpaired) electrons. The molecule has 2 heteroatoms. The topological polar surface area (TPSA) is 32.9 Å². The minimum absolute atomic E-state index is 0.0303. The van der Waals surface area contributed by atoms with Gasteiger partial charge in [0.2, 0.25) is 0 Å². The highest BCUT2D eigenvalue weighted by Crippen LogP contribution is 2.30. The maximum Gasteiger partial charge on any atom is 0.251 e. The Kier molecular flexibility index (Phi) is 5.46. The zero-order chi connectivity index (χ0) is 12.7. The number of aromatic amines is 1. The van der Waals surface area contributed by atoms with Gasteiger partial charge in [0.15, 0.2) is 0 Å². The summed E-state index contributed by atoms with van der Waals surface area (Å²) in [6, 6.07) is 3.90. The van der Waals surface area contributed by atoms with E-state index in [1.807, 2.05) is 12.1 Å². The average molecular weight is 235 g/mol. The number of unbranched alkanes of at least 4 members (excludes halogenated alkanes) is 3. The third kappa shape index (κ3) is 3.72. The molecule has 1 unspecified atom stereocenters. The van der Waals surface area contributed by atoms with E-state index in [0.29, 0.717) is 0 Å². The van der Waals surface area contributed by atoms with Crippen LogP contribution in [0.15, 0.2) is 23.1 Å². The van der Waals surface area contributed by atoms with Crippen molar-refractivity contribution in [3.8, 4) is 0 Å². The van der Waals surface area contributed by atoms with Crippen molar-refractivity contribution in [1.29, 1.82) is 0 Å². The van der Waals surface area contributed by atoms with Gasteiger partial charge in [0, 0.05) is 11.8 Å². The molecule has 1 N–H and O–H groups in total. The van der Waals surface area contributed by atoms with Gasteiger partial charge in [-0.15, -0.1) is 0 Å². The van der Waals surface area contributed by atoms with E-state index in [0.717, 1.165) is 18.4 Å². The van der Waals surface area contributed by atoms with Gasteiger partial charge in [-0.1, -0.05) is 52.5 Å². The first-order chi connectivity index (χ1) is 8.14. The number of hydrogen-bond acceptors (Lipinski definition) is 1. The molecule has 17 heavy (non-hydrogen) atoms. The largest absolute Gasteiger partial charge is 0.329 e. The van der Waals surface area contributed by atoms with Gasteiger partial charge in [0.1, 0.15) is 0 Å². The van der Waals surface area contributed by atoms with E-state index in [9.17, 15) is 4.79 Å². The van der Waals surface area contributed by atoms with Crippen molar-refractivity contribution in [2.75, 3.05) is 0 Å². The Hall–Kier alpha value is -1.05. The van der Waals surface area contributed by atoms with Crippen LogP contribution in [0, 0.1) is 0 Å². The SMILES string of the molecule is CCCCCCC(C)(CC)c1ccc[nH]c1=O. The molecule has 1 aromatic heterocycles. The van der Waals surface area contributed by atoms with E-state index in [4.69, 9.17) is 0 Å². The predicted octanol–water partition coefficient (Wildman–Crippen LogP) is 4.01. The van der Waals surface area contributed by atoms with Gasteiger partial charge in [-0.3, -0.25) is 4.79 Å². The van der Waals surface area contributed by atoms with Crippen LogP contribution in [-0.2, 0) is 5.41 Å². The van der Waals surface area contributed by atoms with E-state index < -0.39 is 0 Å². The summed E-state index contributed by atoms with van der Waals surface area (Å²) in [6.45, 7) is 6.61. The molecule has 0 aliphatic carbocycles. The third-order valence-electron chi connectivity index (χ3n) is 3.83. The molecule has 0 aliphatic rings. The second-order valence-corrected chi connectivity index (χ2v) is 5.14. The fraction of sp³-hybridized carbons (Fsp3) is 0.667. The summed E-state index contributed by atoms with van der Waals surface area (Å²) in [4.78, 5) is 14.6. The second kappa shape index (κ2) is 6.63. The third-order valence-corrected chi connectivity index (χ3v) is 3.83. The Balaban J connectivity index is 2.74. The summed E-state index contributed by atoms with van der Waals surface area (Å²) in [5.41, 5.74) is 1.05. The molecule has 0 amide bonds. The number of H-pyrrole nitrogens is 1. The molecule has 1 aromatic rings. The van der Waals surface area contributed by atoms with Gasteiger partial charge in [-0.05, 0) is 24.3 Å². The van der Waals surface area contributed by atoms with Crippen molar-refractivity contribution in [3.63, 3.8) is 0 Å². The van der Waals surface area contributed by atoms with Gasteiger partial charge in [-0.25, -0.2) is 0 Å². The summed E-state index contributed by atoms with van der Waals surface area (Å²) in [6.07, 6.45) is 8.88. The molecule has 1 rings (SSSR count). The van der Waals surface area contributed by atoms with Gasteiger partial charge < -0.3 is 4.98 Å². The summed E-state index contributed by atoms with van der Waals surface area (Å²) in [7, 11) is 0. The number of nitrogens with one attached hydrogen (secondary N) is 1. The van der Waals surface area contributed by atoms with Crippen LogP contribution in [0.2, 0.25) is 0 Å². The molecular formula is C15H25NO. The van der Waals surface area contributed by atoms with Gasteiger partial charge in [-0.2, -0.15) is 0 Å². The Bertz CT molecular complexity index is 383. The molecule has 0 spiro atoms. The molecule has 2 nitrogen and oxygen atoms in total. The fourth-order valence-corrected chi connectivity index (χ4v) is 2.34. The number of aromatic nitrogens is 1. The first-order valence-electron chi connectivity index (χ1n) is 6.82. The summed E-state index contributed by atoms with van der Waals surface area (Å²) in [5.74, 6) is 0. The molecule has 1 heterocycles. The fourth-order valence-electron chi connectivity index (χ4n) is 2.34. The lowest BCUT2D eigenvalue weighted by Gasteiger charge is -2.28. The zero-order valence-electron chi connectivity index (χ0n) is 11.4. The maximum absolute atomic E-state index is 11.9. The molecule has 0 saturated carbocycles. The number of hydrogen-bond donors (Lipinski definition) is 1. The van der Waals surface area contributed by atoms with Crippen LogP contribution in [0.25, 0.3) is 0 Å². The minimum atomic E-state index is 0.0303. The quantitative estimate of drug-likeness (QED) is 0.712. The molecule has 96 valence electrons. The van der Waals surface area contributed by atoms with E-state index in [2.05, 4.69) is 25.8 Å². The zero-order valence-corrected chi connectivity index (χ0v) is 11.4. The lowest BCUT2D eigenvalue weighted by molar-refractivity contribution is 0.392. The minimum Gasteiger partial charge on any atom is -0.329 e. The van der Waals surface area contributed by atoms with Crippen molar-refractivity contribution in [3.05, 3.63) is 34.2 Å². The van der Waals surface area contributed by atoms with Crippen molar-refractivity contribution < 1.29 is 0 Å². The summed E-state index contributed by atoms with van der Waals surface area (Å²) >= 11 is 0. The monoisotopic (exact) mass is 235 g/mol. The second-order valence-electron chi connectivity index (χ2n) is 5.14. The van der Waals surface area contributed by atoms with Crippen molar-refractivity contribution in [1.82, 2.24) is 4.98 Å². The van der Waals surface area contributed by atoms with E-state index in [1.54, 1.807) is 6.20 Å². The Morgan fingerprint density at radius 1 is 1.24 bits per heavy atom. The molecule has 0 aromatic carbocycles. The number of pyridine rings is 1. The van der Waals surface area contributed by atoms with Gasteiger partial charge in [0.05, 0.1) is 0 Å². The Morgan fingerprint density at radius 3 is 2.59 bits per heavy atom. The van der Waals surface area contributed by atoms with Gasteiger partial charge in [0.25, 0.3) is 5.56 Å². The van der Waals surface area contributed by atoms with Crippen LogP contribution in [0.1, 0.15) is 64.9 Å². The Labute approximate surface area is 104 Å². The highest BCUT2D eigenvalue weighted by Gasteiger charge is 2.26. The lowest BCUT2D eigenvalue weighted by atomic mass is 9.76. The van der Waals surface area contributed by atoms with Crippen LogP contribution >= 0.6 is 0 Å². The van der Waals surface area contributed by atoms with Crippen molar-refractivity contribution in [2.24, 2.45) is 0 Å². The van der Waals surface area contributed by atoms with Crippen LogP contribution < -0.4 is 5.56 Å². The standard InChI is InChI=1S/C15H25NO/c1-4-6-7-8-11-15(3,5-2)13-10-9-12-16-14(13)17/h9-10,12H,4-8,11H2,1-3H3,(H,16,17). The molecule has 0 bridgehead atoms. The summed E-state index contributed by atoms with van der Waals surface area (Å²) in [5, 5.41) is 0.